The molecule has 0 aromatic heterocycles. The maximum atomic E-state index is 12.1. The molecule has 0 unspecified atom stereocenters. The summed E-state index contributed by atoms with van der Waals surface area (Å²) in [6.07, 6.45) is 0.865. The van der Waals surface area contributed by atoms with Crippen LogP contribution in [-0.4, -0.2) is 51.3 Å². The Bertz CT molecular complexity index is 792. The molecule has 1 aromatic carbocycles. The van der Waals surface area contributed by atoms with Crippen LogP contribution >= 0.6 is 11.6 Å². The van der Waals surface area contributed by atoms with E-state index in [9.17, 15) is 22.8 Å². The van der Waals surface area contributed by atoms with Crippen molar-refractivity contribution in [2.24, 2.45) is 0 Å². The standard InChI is InChI=1S/C14H15ClN2O6S/c1-16-24(21,22)9-4-5-11(15)10(7-9)14(20)23-8-13(19)17-6-2-3-12(17)18/h4-5,7,16H,2-3,6,8H2,1H3. The summed E-state index contributed by atoms with van der Waals surface area (Å²) in [5, 5.41) is -0.0141. The first-order valence-corrected chi connectivity index (χ1v) is 8.86. The van der Waals surface area contributed by atoms with Crippen LogP contribution in [0.4, 0.5) is 0 Å². The molecule has 1 aromatic rings. The van der Waals surface area contributed by atoms with Crippen LogP contribution in [0.3, 0.4) is 0 Å². The van der Waals surface area contributed by atoms with Crippen molar-refractivity contribution >= 4 is 39.4 Å². The van der Waals surface area contributed by atoms with Crippen molar-refractivity contribution in [3.8, 4) is 0 Å². The van der Waals surface area contributed by atoms with Crippen LogP contribution in [0.25, 0.3) is 0 Å². The maximum Gasteiger partial charge on any atom is 0.340 e. The normalized spacial score (nSPS) is 14.8. The van der Waals surface area contributed by atoms with Crippen LogP contribution in [0.5, 0.6) is 0 Å². The third-order valence-corrected chi connectivity index (χ3v) is 5.18. The van der Waals surface area contributed by atoms with E-state index < -0.39 is 28.5 Å². The van der Waals surface area contributed by atoms with Gasteiger partial charge < -0.3 is 4.74 Å². The summed E-state index contributed by atoms with van der Waals surface area (Å²) in [7, 11) is -2.53. The average Bonchev–Trinajstić information content (AvgIpc) is 2.98. The molecule has 1 N–H and O–H groups in total. The van der Waals surface area contributed by atoms with Gasteiger partial charge in [0.05, 0.1) is 15.5 Å². The molecule has 10 heteroatoms. The van der Waals surface area contributed by atoms with Crippen LogP contribution in [0.2, 0.25) is 5.02 Å². The van der Waals surface area contributed by atoms with Gasteiger partial charge in [-0.1, -0.05) is 11.6 Å². The number of halogens is 1. The lowest BCUT2D eigenvalue weighted by molar-refractivity contribution is -0.143. The van der Waals surface area contributed by atoms with E-state index in [1.165, 1.54) is 19.2 Å². The molecule has 0 atom stereocenters. The molecule has 0 radical (unpaired) electrons. The molecular formula is C14H15ClN2O6S. The average molecular weight is 375 g/mol. The summed E-state index contributed by atoms with van der Waals surface area (Å²) in [5.74, 6) is -1.88. The minimum atomic E-state index is -3.76. The highest BCUT2D eigenvalue weighted by Crippen LogP contribution is 2.21. The Morgan fingerprint density at radius 1 is 1.38 bits per heavy atom. The van der Waals surface area contributed by atoms with E-state index >= 15 is 0 Å². The summed E-state index contributed by atoms with van der Waals surface area (Å²) < 4.78 is 30.5. The van der Waals surface area contributed by atoms with Crippen LogP contribution in [0.1, 0.15) is 23.2 Å². The SMILES string of the molecule is CNS(=O)(=O)c1ccc(Cl)c(C(=O)OCC(=O)N2CCCC2=O)c1. The Hall–Kier alpha value is -1.97. The fraction of sp³-hybridized carbons (Fsp3) is 0.357. The molecule has 2 rings (SSSR count). The number of rotatable bonds is 5. The van der Waals surface area contributed by atoms with E-state index in [0.29, 0.717) is 13.0 Å². The Labute approximate surface area is 143 Å². The van der Waals surface area contributed by atoms with Crippen molar-refractivity contribution in [3.63, 3.8) is 0 Å². The fourth-order valence-corrected chi connectivity index (χ4v) is 3.09. The predicted octanol–water partition coefficient (Wildman–Crippen LogP) is 0.554. The van der Waals surface area contributed by atoms with Crippen molar-refractivity contribution in [2.75, 3.05) is 20.2 Å². The largest absolute Gasteiger partial charge is 0.452 e. The molecule has 0 aliphatic carbocycles. The molecule has 0 bridgehead atoms. The lowest BCUT2D eigenvalue weighted by Gasteiger charge is -2.13. The molecular weight excluding hydrogens is 360 g/mol. The minimum Gasteiger partial charge on any atom is -0.452 e. The van der Waals surface area contributed by atoms with Crippen LogP contribution in [0.15, 0.2) is 23.1 Å². The molecule has 130 valence electrons. The van der Waals surface area contributed by atoms with Gasteiger partial charge in [0.1, 0.15) is 0 Å². The number of ether oxygens (including phenoxy) is 1. The maximum absolute atomic E-state index is 12.1. The fourth-order valence-electron chi connectivity index (χ4n) is 2.14. The van der Waals surface area contributed by atoms with Gasteiger partial charge in [0.2, 0.25) is 15.9 Å². The van der Waals surface area contributed by atoms with E-state index in [4.69, 9.17) is 16.3 Å². The van der Waals surface area contributed by atoms with Gasteiger partial charge in [-0.05, 0) is 31.7 Å². The molecule has 1 heterocycles. The van der Waals surface area contributed by atoms with Crippen molar-refractivity contribution in [1.29, 1.82) is 0 Å². The second-order valence-corrected chi connectivity index (χ2v) is 7.26. The Balaban J connectivity index is 2.11. The number of hydrogen-bond acceptors (Lipinski definition) is 6. The highest BCUT2D eigenvalue weighted by atomic mass is 35.5. The number of likely N-dealkylation sites (tertiary alicyclic amines) is 1. The number of esters is 1. The Morgan fingerprint density at radius 2 is 2.08 bits per heavy atom. The van der Waals surface area contributed by atoms with E-state index in [1.807, 2.05) is 0 Å². The Morgan fingerprint density at radius 3 is 2.67 bits per heavy atom. The lowest BCUT2D eigenvalue weighted by atomic mass is 10.2. The number of hydrogen-bond donors (Lipinski definition) is 1. The molecule has 8 nitrogen and oxygen atoms in total. The van der Waals surface area contributed by atoms with Gasteiger partial charge in [0.25, 0.3) is 5.91 Å². The van der Waals surface area contributed by atoms with Crippen LogP contribution in [-0.2, 0) is 24.3 Å². The first-order chi connectivity index (χ1) is 11.3. The highest BCUT2D eigenvalue weighted by molar-refractivity contribution is 7.89. The molecule has 2 amide bonds. The predicted molar refractivity (Wildman–Crippen MR) is 83.9 cm³/mol. The lowest BCUT2D eigenvalue weighted by Crippen LogP contribution is -2.35. The second-order valence-electron chi connectivity index (χ2n) is 4.97. The quantitative estimate of drug-likeness (QED) is 0.754. The Kier molecular flexibility index (Phi) is 5.58. The number of nitrogens with one attached hydrogen (secondary N) is 1. The molecule has 1 aliphatic heterocycles. The summed E-state index contributed by atoms with van der Waals surface area (Å²) in [6, 6.07) is 3.54. The van der Waals surface area contributed by atoms with E-state index in [1.54, 1.807) is 0 Å². The molecule has 24 heavy (non-hydrogen) atoms. The zero-order valence-electron chi connectivity index (χ0n) is 12.7. The summed E-state index contributed by atoms with van der Waals surface area (Å²) in [4.78, 5) is 36.2. The number of benzene rings is 1. The zero-order chi connectivity index (χ0) is 17.9. The monoisotopic (exact) mass is 374 g/mol. The third kappa shape index (κ3) is 3.92. The second kappa shape index (κ2) is 7.29. The van der Waals surface area contributed by atoms with E-state index in [0.717, 1.165) is 11.0 Å². The molecule has 0 spiro atoms. The number of carbonyl (C=O) groups excluding carboxylic acids is 3. The van der Waals surface area contributed by atoms with Crippen molar-refractivity contribution < 1.29 is 27.5 Å². The van der Waals surface area contributed by atoms with Gasteiger partial charge in [0.15, 0.2) is 6.61 Å². The minimum absolute atomic E-state index is 0.0141. The summed E-state index contributed by atoms with van der Waals surface area (Å²) >= 11 is 5.88. The summed E-state index contributed by atoms with van der Waals surface area (Å²) in [6.45, 7) is -0.324. The number of carbonyl (C=O) groups is 3. The first-order valence-electron chi connectivity index (χ1n) is 6.99. The number of amides is 2. The van der Waals surface area contributed by atoms with Gasteiger partial charge in [-0.15, -0.1) is 0 Å². The van der Waals surface area contributed by atoms with Gasteiger partial charge in [-0.25, -0.2) is 17.9 Å². The van der Waals surface area contributed by atoms with E-state index in [-0.39, 0.29) is 27.8 Å². The van der Waals surface area contributed by atoms with Crippen molar-refractivity contribution in [1.82, 2.24) is 9.62 Å². The molecule has 1 saturated heterocycles. The number of sulfonamides is 1. The first kappa shape index (κ1) is 18.4. The molecule has 1 aliphatic rings. The smallest absolute Gasteiger partial charge is 0.340 e. The topological polar surface area (TPSA) is 110 Å². The van der Waals surface area contributed by atoms with Crippen LogP contribution in [0, 0.1) is 0 Å². The number of nitrogens with zero attached hydrogens (tertiary/aromatic N) is 1. The van der Waals surface area contributed by atoms with Gasteiger partial charge in [0, 0.05) is 13.0 Å². The molecule has 1 fully saturated rings. The molecule has 0 saturated carbocycles. The summed E-state index contributed by atoms with van der Waals surface area (Å²) in [5.41, 5.74) is -0.187. The van der Waals surface area contributed by atoms with Gasteiger partial charge >= 0.3 is 5.97 Å². The van der Waals surface area contributed by atoms with Gasteiger partial charge in [-0.3, -0.25) is 14.5 Å². The zero-order valence-corrected chi connectivity index (χ0v) is 14.3. The van der Waals surface area contributed by atoms with Gasteiger partial charge in [-0.2, -0.15) is 0 Å². The van der Waals surface area contributed by atoms with Crippen LogP contribution < -0.4 is 4.72 Å². The number of imide groups is 1. The third-order valence-electron chi connectivity index (χ3n) is 3.44. The highest BCUT2D eigenvalue weighted by Gasteiger charge is 2.27. The van der Waals surface area contributed by atoms with Crippen molar-refractivity contribution in [2.45, 2.75) is 17.7 Å². The van der Waals surface area contributed by atoms with Crippen molar-refractivity contribution in [3.05, 3.63) is 28.8 Å². The van der Waals surface area contributed by atoms with E-state index in [2.05, 4.69) is 4.72 Å².